The van der Waals surface area contributed by atoms with Gasteiger partial charge < -0.3 is 10.6 Å². The van der Waals surface area contributed by atoms with Gasteiger partial charge in [-0.15, -0.1) is 0 Å². The van der Waals surface area contributed by atoms with Crippen LogP contribution in [0.2, 0.25) is 0 Å². The zero-order chi connectivity index (χ0) is 18.0. The Morgan fingerprint density at radius 3 is 2.04 bits per heavy atom. The van der Waals surface area contributed by atoms with E-state index in [-0.39, 0.29) is 5.82 Å². The molecule has 3 rings (SSSR count). The summed E-state index contributed by atoms with van der Waals surface area (Å²) in [7, 11) is 0. The maximum atomic E-state index is 13.8. The molecule has 1 aliphatic rings. The lowest BCUT2D eigenvalue weighted by Gasteiger charge is -2.16. The van der Waals surface area contributed by atoms with Gasteiger partial charge in [0.1, 0.15) is 17.0 Å². The van der Waals surface area contributed by atoms with Crippen molar-refractivity contribution >= 4 is 23.2 Å². The first-order valence-electron chi connectivity index (χ1n) is 8.11. The number of carbonyl (C=O) groups excluding carboxylic acids is 2. The van der Waals surface area contributed by atoms with Crippen LogP contribution in [0.25, 0.3) is 0 Å². The molecule has 2 amide bonds. The van der Waals surface area contributed by atoms with Gasteiger partial charge in [-0.1, -0.05) is 13.0 Å². The standard InChI is InChI=1S/C19H18F2N2O2/c1-2-12-3-6-15(11-16(12)21)23-18(25)19(9-10-19)17(24)22-14-7-4-13(20)5-8-14/h3-8,11H,2,9-10H2,1H3,(H,22,24)(H,23,25). The van der Waals surface area contributed by atoms with Gasteiger partial charge in [0.25, 0.3) is 0 Å². The van der Waals surface area contributed by atoms with E-state index in [0.717, 1.165) is 0 Å². The van der Waals surface area contributed by atoms with Gasteiger partial charge in [0.2, 0.25) is 11.8 Å². The van der Waals surface area contributed by atoms with Gasteiger partial charge in [-0.2, -0.15) is 0 Å². The number of aryl methyl sites for hydroxylation is 1. The molecule has 0 unspecified atom stereocenters. The molecule has 0 saturated heterocycles. The van der Waals surface area contributed by atoms with Crippen LogP contribution in [-0.2, 0) is 16.0 Å². The Morgan fingerprint density at radius 2 is 1.52 bits per heavy atom. The topological polar surface area (TPSA) is 58.2 Å². The minimum absolute atomic E-state index is 0.320. The molecule has 1 saturated carbocycles. The van der Waals surface area contributed by atoms with Crippen molar-refractivity contribution in [2.75, 3.05) is 10.6 Å². The fraction of sp³-hybridized carbons (Fsp3) is 0.263. The molecule has 4 nitrogen and oxygen atoms in total. The van der Waals surface area contributed by atoms with Crippen molar-refractivity contribution in [1.82, 2.24) is 0 Å². The van der Waals surface area contributed by atoms with Gasteiger partial charge in [-0.3, -0.25) is 9.59 Å². The van der Waals surface area contributed by atoms with Crippen LogP contribution < -0.4 is 10.6 Å². The number of carbonyl (C=O) groups is 2. The lowest BCUT2D eigenvalue weighted by atomic mass is 10.0. The number of anilines is 2. The molecule has 6 heteroatoms. The fourth-order valence-electron chi connectivity index (χ4n) is 2.63. The highest BCUT2D eigenvalue weighted by molar-refractivity contribution is 6.16. The van der Waals surface area contributed by atoms with Crippen LogP contribution in [0.3, 0.4) is 0 Å². The average Bonchev–Trinajstić information content (AvgIpc) is 3.39. The Bertz CT molecular complexity index is 815. The van der Waals surface area contributed by atoms with Crippen LogP contribution >= 0.6 is 0 Å². The molecule has 0 heterocycles. The summed E-state index contributed by atoms with van der Waals surface area (Å²) in [6, 6.07) is 9.81. The van der Waals surface area contributed by atoms with Crippen molar-refractivity contribution in [3.8, 4) is 0 Å². The van der Waals surface area contributed by atoms with Crippen LogP contribution in [0.1, 0.15) is 25.3 Å². The molecule has 0 aliphatic heterocycles. The lowest BCUT2D eigenvalue weighted by Crippen LogP contribution is -2.35. The molecule has 1 fully saturated rings. The number of amides is 2. The molecule has 25 heavy (non-hydrogen) atoms. The lowest BCUT2D eigenvalue weighted by molar-refractivity contribution is -0.131. The molecule has 0 radical (unpaired) electrons. The predicted octanol–water partition coefficient (Wildman–Crippen LogP) is 3.88. The van der Waals surface area contributed by atoms with Gasteiger partial charge >= 0.3 is 0 Å². The molecular weight excluding hydrogens is 326 g/mol. The van der Waals surface area contributed by atoms with Crippen LogP contribution in [0, 0.1) is 17.0 Å². The van der Waals surface area contributed by atoms with Gasteiger partial charge in [0.05, 0.1) is 0 Å². The summed E-state index contributed by atoms with van der Waals surface area (Å²) in [5.74, 6) is -1.70. The van der Waals surface area contributed by atoms with E-state index in [1.54, 1.807) is 12.1 Å². The molecule has 2 aromatic carbocycles. The molecule has 2 aromatic rings. The highest BCUT2D eigenvalue weighted by Crippen LogP contribution is 2.47. The third-order valence-electron chi connectivity index (χ3n) is 4.41. The largest absolute Gasteiger partial charge is 0.325 e. The first-order valence-corrected chi connectivity index (χ1v) is 8.11. The molecule has 0 bridgehead atoms. The zero-order valence-corrected chi connectivity index (χ0v) is 13.7. The van der Waals surface area contributed by atoms with E-state index in [0.29, 0.717) is 36.2 Å². The van der Waals surface area contributed by atoms with E-state index in [4.69, 9.17) is 0 Å². The maximum absolute atomic E-state index is 13.8. The average molecular weight is 344 g/mol. The van der Waals surface area contributed by atoms with Crippen LogP contribution in [0.4, 0.5) is 20.2 Å². The molecule has 0 spiro atoms. The molecule has 0 aromatic heterocycles. The van der Waals surface area contributed by atoms with Crippen molar-refractivity contribution in [2.24, 2.45) is 5.41 Å². The molecular formula is C19H18F2N2O2. The number of benzene rings is 2. The Labute approximate surface area is 144 Å². The minimum atomic E-state index is -1.16. The quantitative estimate of drug-likeness (QED) is 0.809. The van der Waals surface area contributed by atoms with Crippen LogP contribution in [0.15, 0.2) is 42.5 Å². The predicted molar refractivity (Wildman–Crippen MR) is 91.1 cm³/mol. The maximum Gasteiger partial charge on any atom is 0.240 e. The SMILES string of the molecule is CCc1ccc(NC(=O)C2(C(=O)Nc3ccc(F)cc3)CC2)cc1F. The normalized spacial score (nSPS) is 14.7. The van der Waals surface area contributed by atoms with Crippen LogP contribution in [-0.4, -0.2) is 11.8 Å². The molecule has 0 atom stereocenters. The second-order valence-corrected chi connectivity index (χ2v) is 6.16. The first kappa shape index (κ1) is 17.1. The molecule has 2 N–H and O–H groups in total. The highest BCUT2D eigenvalue weighted by atomic mass is 19.1. The Balaban J connectivity index is 1.69. The van der Waals surface area contributed by atoms with Crippen molar-refractivity contribution in [3.63, 3.8) is 0 Å². The summed E-state index contributed by atoms with van der Waals surface area (Å²) < 4.78 is 26.8. The van der Waals surface area contributed by atoms with Crippen molar-refractivity contribution in [1.29, 1.82) is 0 Å². The Morgan fingerprint density at radius 1 is 0.960 bits per heavy atom. The van der Waals surface area contributed by atoms with E-state index in [9.17, 15) is 18.4 Å². The second kappa shape index (κ2) is 6.63. The number of rotatable bonds is 5. The van der Waals surface area contributed by atoms with E-state index in [1.807, 2.05) is 6.92 Å². The summed E-state index contributed by atoms with van der Waals surface area (Å²) in [4.78, 5) is 24.9. The monoisotopic (exact) mass is 344 g/mol. The Kier molecular flexibility index (Phi) is 4.53. The number of halogens is 2. The van der Waals surface area contributed by atoms with E-state index in [2.05, 4.69) is 10.6 Å². The fourth-order valence-corrected chi connectivity index (χ4v) is 2.63. The third kappa shape index (κ3) is 3.52. The first-order chi connectivity index (χ1) is 11.9. The van der Waals surface area contributed by atoms with Gasteiger partial charge in [-0.05, 0) is 61.2 Å². The third-order valence-corrected chi connectivity index (χ3v) is 4.41. The summed E-state index contributed by atoms with van der Waals surface area (Å²) in [5, 5.41) is 5.24. The summed E-state index contributed by atoms with van der Waals surface area (Å²) in [6.45, 7) is 1.84. The van der Waals surface area contributed by atoms with Gasteiger partial charge in [0.15, 0.2) is 0 Å². The smallest absolute Gasteiger partial charge is 0.240 e. The van der Waals surface area contributed by atoms with Crippen LogP contribution in [0.5, 0.6) is 0 Å². The minimum Gasteiger partial charge on any atom is -0.325 e. The summed E-state index contributed by atoms with van der Waals surface area (Å²) in [5.41, 5.74) is 0.145. The highest BCUT2D eigenvalue weighted by Gasteiger charge is 2.56. The number of hydrogen-bond acceptors (Lipinski definition) is 2. The number of hydrogen-bond donors (Lipinski definition) is 2. The molecule has 130 valence electrons. The van der Waals surface area contributed by atoms with Gasteiger partial charge in [0, 0.05) is 11.4 Å². The second-order valence-electron chi connectivity index (χ2n) is 6.16. The van der Waals surface area contributed by atoms with Gasteiger partial charge in [-0.25, -0.2) is 8.78 Å². The van der Waals surface area contributed by atoms with Crippen molar-refractivity contribution in [2.45, 2.75) is 26.2 Å². The zero-order valence-electron chi connectivity index (χ0n) is 13.7. The summed E-state index contributed by atoms with van der Waals surface area (Å²) in [6.07, 6.45) is 1.40. The Hall–Kier alpha value is -2.76. The van der Waals surface area contributed by atoms with E-state index in [1.165, 1.54) is 30.3 Å². The van der Waals surface area contributed by atoms with E-state index >= 15 is 0 Å². The summed E-state index contributed by atoms with van der Waals surface area (Å²) >= 11 is 0. The molecule has 1 aliphatic carbocycles. The van der Waals surface area contributed by atoms with E-state index < -0.39 is 23.0 Å². The van der Waals surface area contributed by atoms with Crippen molar-refractivity contribution in [3.05, 3.63) is 59.7 Å². The van der Waals surface area contributed by atoms with Crippen molar-refractivity contribution < 1.29 is 18.4 Å². The number of nitrogens with one attached hydrogen (secondary N) is 2.